The van der Waals surface area contributed by atoms with E-state index in [2.05, 4.69) is 4.98 Å². The molecule has 0 saturated carbocycles. The summed E-state index contributed by atoms with van der Waals surface area (Å²) in [5, 5.41) is 22.5. The van der Waals surface area contributed by atoms with Crippen LogP contribution in [0, 0.1) is 23.7 Å². The quantitative estimate of drug-likeness (QED) is 0.351. The number of imidazole rings is 1. The van der Waals surface area contributed by atoms with Crippen molar-refractivity contribution in [2.24, 2.45) is 30.7 Å². The van der Waals surface area contributed by atoms with E-state index in [1.54, 1.807) is 42.2 Å². The summed E-state index contributed by atoms with van der Waals surface area (Å²) in [4.78, 5) is 30.0. The van der Waals surface area contributed by atoms with Crippen LogP contribution in [0.3, 0.4) is 0 Å². The van der Waals surface area contributed by atoms with Crippen LogP contribution in [-0.2, 0) is 30.8 Å². The van der Waals surface area contributed by atoms with Gasteiger partial charge in [-0.15, -0.1) is 0 Å². The number of hydrogen-bond donors (Lipinski definition) is 2. The summed E-state index contributed by atoms with van der Waals surface area (Å²) in [5.74, 6) is -4.11. The van der Waals surface area contributed by atoms with Gasteiger partial charge in [0.2, 0.25) is 5.79 Å². The molecule has 3 aliphatic rings. The van der Waals surface area contributed by atoms with Gasteiger partial charge in [-0.05, 0) is 62.2 Å². The number of aryl methyl sites for hydroxylation is 1. The fraction of sp³-hybridized carbons (Fsp3) is 0.536. The third-order valence-corrected chi connectivity index (χ3v) is 7.74. The Hall–Kier alpha value is -3.01. The number of aliphatic hydroxyl groups is 2. The molecule has 0 saturated heterocycles. The SMILES string of the molecule is COC(=O)C1=C[C@@H]2[C@H](C(C)C)[C@@H](O)C=C(C)[C@H]2C[C@@H](OC(=O)C=Cc2cn(C)cn2)[C@@]2(C)C=C[C@]1(O)O2. The minimum Gasteiger partial charge on any atom is -0.466 e. The van der Waals surface area contributed by atoms with E-state index >= 15 is 0 Å². The molecule has 3 heterocycles. The Balaban J connectivity index is 1.76. The molecule has 7 atom stereocenters. The van der Waals surface area contributed by atoms with E-state index in [0.29, 0.717) is 12.1 Å². The fourth-order valence-electron chi connectivity index (χ4n) is 5.83. The van der Waals surface area contributed by atoms with Crippen molar-refractivity contribution in [3.63, 3.8) is 0 Å². The Morgan fingerprint density at radius 2 is 2.03 bits per heavy atom. The van der Waals surface area contributed by atoms with Crippen molar-refractivity contribution in [1.29, 1.82) is 0 Å². The number of aliphatic hydroxyl groups excluding tert-OH is 1. The van der Waals surface area contributed by atoms with E-state index in [-0.39, 0.29) is 29.2 Å². The summed E-state index contributed by atoms with van der Waals surface area (Å²) >= 11 is 0. The van der Waals surface area contributed by atoms with Crippen LogP contribution < -0.4 is 0 Å². The van der Waals surface area contributed by atoms with Gasteiger partial charge < -0.3 is 29.0 Å². The third-order valence-electron chi connectivity index (χ3n) is 7.74. The summed E-state index contributed by atoms with van der Waals surface area (Å²) in [7, 11) is 3.08. The minimum absolute atomic E-state index is 0.0560. The maximum atomic E-state index is 12.9. The number of esters is 2. The zero-order chi connectivity index (χ0) is 27.1. The van der Waals surface area contributed by atoms with Gasteiger partial charge in [-0.3, -0.25) is 0 Å². The van der Waals surface area contributed by atoms with Gasteiger partial charge in [0.25, 0.3) is 0 Å². The van der Waals surface area contributed by atoms with Gasteiger partial charge >= 0.3 is 11.9 Å². The first-order valence-corrected chi connectivity index (χ1v) is 12.5. The molecule has 0 unspecified atom stereocenters. The van der Waals surface area contributed by atoms with Crippen molar-refractivity contribution >= 4 is 18.0 Å². The molecule has 0 radical (unpaired) electrons. The summed E-state index contributed by atoms with van der Waals surface area (Å²) in [6.45, 7) is 7.66. The predicted octanol–water partition coefficient (Wildman–Crippen LogP) is 2.71. The number of aromatic nitrogens is 2. The highest BCUT2D eigenvalue weighted by Gasteiger charge is 2.54. The number of hydrogen-bond acceptors (Lipinski definition) is 8. The smallest absolute Gasteiger partial charge is 0.339 e. The summed E-state index contributed by atoms with van der Waals surface area (Å²) in [6.07, 6.45) is 11.6. The second-order valence-electron chi connectivity index (χ2n) is 10.8. The van der Waals surface area contributed by atoms with Crippen molar-refractivity contribution < 1.29 is 34.0 Å². The first kappa shape index (κ1) is 27.0. The maximum absolute atomic E-state index is 12.9. The average molecular weight is 513 g/mol. The molecular weight excluding hydrogens is 476 g/mol. The third kappa shape index (κ3) is 5.21. The van der Waals surface area contributed by atoms with Crippen molar-refractivity contribution in [3.05, 3.63) is 59.7 Å². The lowest BCUT2D eigenvalue weighted by Gasteiger charge is -2.43. The molecule has 9 heteroatoms. The van der Waals surface area contributed by atoms with Crippen LogP contribution in [-0.4, -0.2) is 62.4 Å². The molecule has 1 aromatic heterocycles. The van der Waals surface area contributed by atoms with E-state index in [1.165, 1.54) is 19.3 Å². The average Bonchev–Trinajstić information content (AvgIpc) is 3.39. The number of nitrogens with zero attached hydrogens (tertiary/aromatic N) is 2. The number of carbonyl (C=O) groups is 2. The number of fused-ring (bicyclic) bond motifs is 3. The van der Waals surface area contributed by atoms with Crippen molar-refractivity contribution in [2.75, 3.05) is 7.11 Å². The van der Waals surface area contributed by atoms with Crippen molar-refractivity contribution in [3.8, 4) is 0 Å². The number of ether oxygens (including phenoxy) is 3. The Morgan fingerprint density at radius 1 is 1.30 bits per heavy atom. The van der Waals surface area contributed by atoms with Crippen LogP contribution in [0.25, 0.3) is 6.08 Å². The molecule has 0 amide bonds. The minimum atomic E-state index is -2.08. The molecule has 2 bridgehead atoms. The lowest BCUT2D eigenvalue weighted by Crippen LogP contribution is -2.47. The first-order valence-electron chi connectivity index (χ1n) is 12.5. The van der Waals surface area contributed by atoms with E-state index in [9.17, 15) is 19.8 Å². The standard InChI is InChI=1S/C28H36N2O7/c1-16(2)25-20-12-21(26(33)35-6)28(34)10-9-27(4,37-28)23(13-19(20)17(3)11-22(25)31)36-24(32)8-7-18-14-30(5)15-29-18/h7-12,14-16,19-20,22-23,25,31,34H,13H2,1-6H3/t19-,20+,22+,23-,25+,27-,28+/m1/s1. The molecule has 200 valence electrons. The van der Waals surface area contributed by atoms with Crippen molar-refractivity contribution in [1.82, 2.24) is 9.55 Å². The number of methoxy groups -OCH3 is 1. The van der Waals surface area contributed by atoms with Gasteiger partial charge in [0.05, 0.1) is 30.8 Å². The van der Waals surface area contributed by atoms with Gasteiger partial charge in [-0.2, -0.15) is 0 Å². The van der Waals surface area contributed by atoms with Crippen molar-refractivity contribution in [2.45, 2.75) is 57.7 Å². The fourth-order valence-corrected chi connectivity index (χ4v) is 5.83. The molecule has 4 rings (SSSR count). The van der Waals surface area contributed by atoms with E-state index in [0.717, 1.165) is 5.57 Å². The molecule has 2 aliphatic heterocycles. The van der Waals surface area contributed by atoms with E-state index in [4.69, 9.17) is 14.2 Å². The number of rotatable bonds is 5. The van der Waals surface area contributed by atoms with Crippen LogP contribution in [0.2, 0.25) is 0 Å². The molecule has 2 N–H and O–H groups in total. The number of carbonyl (C=O) groups excluding carboxylic acids is 2. The Morgan fingerprint density at radius 3 is 2.65 bits per heavy atom. The first-order chi connectivity index (χ1) is 17.4. The van der Waals surface area contributed by atoms with E-state index < -0.39 is 35.5 Å². The van der Waals surface area contributed by atoms with Gasteiger partial charge in [0.15, 0.2) is 0 Å². The molecule has 1 aromatic rings. The Labute approximate surface area is 217 Å². The second kappa shape index (κ2) is 10.0. The Bertz CT molecular complexity index is 1180. The topological polar surface area (TPSA) is 120 Å². The number of allylic oxidation sites excluding steroid dienone is 2. The lowest BCUT2D eigenvalue weighted by molar-refractivity contribution is -0.216. The summed E-state index contributed by atoms with van der Waals surface area (Å²) in [6, 6.07) is 0. The molecule has 0 aromatic carbocycles. The van der Waals surface area contributed by atoms with Crippen LogP contribution in [0.1, 0.15) is 39.8 Å². The molecule has 37 heavy (non-hydrogen) atoms. The largest absolute Gasteiger partial charge is 0.466 e. The zero-order valence-corrected chi connectivity index (χ0v) is 22.1. The normalized spacial score (nSPS) is 35.3. The molecule has 9 nitrogen and oxygen atoms in total. The van der Waals surface area contributed by atoms with Gasteiger partial charge in [0, 0.05) is 19.3 Å². The molecule has 0 spiro atoms. The van der Waals surface area contributed by atoms with E-state index in [1.807, 2.05) is 33.9 Å². The molecule has 0 fully saturated rings. The monoisotopic (exact) mass is 512 g/mol. The molecule has 1 aliphatic carbocycles. The highest BCUT2D eigenvalue weighted by Crippen LogP contribution is 2.49. The maximum Gasteiger partial charge on any atom is 0.339 e. The van der Waals surface area contributed by atoms with Gasteiger partial charge in [-0.25, -0.2) is 14.6 Å². The van der Waals surface area contributed by atoms with Gasteiger partial charge in [-0.1, -0.05) is 31.6 Å². The van der Waals surface area contributed by atoms with Crippen LogP contribution in [0.5, 0.6) is 0 Å². The second-order valence-corrected chi connectivity index (χ2v) is 10.8. The molecular formula is C28H36N2O7. The zero-order valence-electron chi connectivity index (χ0n) is 22.1. The van der Waals surface area contributed by atoms with Crippen LogP contribution in [0.4, 0.5) is 0 Å². The lowest BCUT2D eigenvalue weighted by atomic mass is 9.64. The summed E-state index contributed by atoms with van der Waals surface area (Å²) in [5.41, 5.74) is 0.240. The highest BCUT2D eigenvalue weighted by molar-refractivity contribution is 5.91. The highest BCUT2D eigenvalue weighted by atomic mass is 16.7. The van der Waals surface area contributed by atoms with Crippen LogP contribution >= 0.6 is 0 Å². The summed E-state index contributed by atoms with van der Waals surface area (Å²) < 4.78 is 18.8. The van der Waals surface area contributed by atoms with Crippen LogP contribution in [0.15, 0.2) is 54.1 Å². The predicted molar refractivity (Wildman–Crippen MR) is 135 cm³/mol. The van der Waals surface area contributed by atoms with Gasteiger partial charge in [0.1, 0.15) is 11.7 Å². The Kier molecular flexibility index (Phi) is 7.34.